The molecule has 12 heteroatoms. The molecular weight excluding hydrogens is 534 g/mol. The lowest BCUT2D eigenvalue weighted by molar-refractivity contribution is -0.191. The number of benzene rings is 1. The van der Waals surface area contributed by atoms with Gasteiger partial charge in [0.1, 0.15) is 24.7 Å². The molecule has 1 unspecified atom stereocenters. The molecular formula is C27H28F6O6. The fourth-order valence-electron chi connectivity index (χ4n) is 3.27. The van der Waals surface area contributed by atoms with Crippen LogP contribution in [0, 0.1) is 11.8 Å². The average Bonchev–Trinajstić information content (AvgIpc) is 2.85. The molecule has 2 atom stereocenters. The van der Waals surface area contributed by atoms with Gasteiger partial charge in [-0.1, -0.05) is 30.0 Å². The third kappa shape index (κ3) is 12.3. The molecule has 0 saturated heterocycles. The van der Waals surface area contributed by atoms with Crippen molar-refractivity contribution >= 4 is 5.97 Å². The van der Waals surface area contributed by atoms with Crippen molar-refractivity contribution in [3.63, 3.8) is 0 Å². The third-order valence-electron chi connectivity index (χ3n) is 5.10. The number of alkyl halides is 6. The number of hydrogen-bond donors (Lipinski definition) is 1. The largest absolute Gasteiger partial charge is 0.490 e. The number of halogens is 6. The van der Waals surface area contributed by atoms with Gasteiger partial charge in [0, 0.05) is 19.4 Å². The van der Waals surface area contributed by atoms with E-state index in [-0.39, 0.29) is 25.4 Å². The summed E-state index contributed by atoms with van der Waals surface area (Å²) >= 11 is 0. The van der Waals surface area contributed by atoms with Crippen LogP contribution in [0.3, 0.4) is 0 Å². The van der Waals surface area contributed by atoms with Gasteiger partial charge in [-0.3, -0.25) is 0 Å². The van der Waals surface area contributed by atoms with Gasteiger partial charge in [0.2, 0.25) is 0 Å². The number of hydrogen-bond acceptors (Lipinski definition) is 5. The van der Waals surface area contributed by atoms with Gasteiger partial charge < -0.3 is 24.1 Å². The van der Waals surface area contributed by atoms with Gasteiger partial charge in [0.05, 0.1) is 0 Å². The lowest BCUT2D eigenvalue weighted by Crippen LogP contribution is -2.35. The summed E-state index contributed by atoms with van der Waals surface area (Å²) in [4.78, 5) is 11.2. The number of rotatable bonds is 12. The number of carboxylic acid groups (broad SMARTS) is 1. The van der Waals surface area contributed by atoms with Crippen molar-refractivity contribution in [3.8, 4) is 17.6 Å². The van der Waals surface area contributed by atoms with Crippen LogP contribution < -0.4 is 4.74 Å². The normalized spacial score (nSPS) is 18.6. The molecule has 214 valence electrons. The maximum atomic E-state index is 12.8. The van der Waals surface area contributed by atoms with Crippen molar-refractivity contribution in [1.82, 2.24) is 0 Å². The first kappa shape index (κ1) is 31.8. The first-order valence-electron chi connectivity index (χ1n) is 11.7. The average molecular weight is 563 g/mol. The zero-order valence-corrected chi connectivity index (χ0v) is 21.2. The Hall–Kier alpha value is -3.43. The molecule has 1 aliphatic rings. The van der Waals surface area contributed by atoms with E-state index in [4.69, 9.17) is 18.9 Å². The lowest BCUT2D eigenvalue weighted by Gasteiger charge is -2.29. The van der Waals surface area contributed by atoms with Crippen LogP contribution in [0.4, 0.5) is 26.3 Å². The fourth-order valence-corrected chi connectivity index (χ4v) is 3.27. The SMILES string of the molecule is CCO[C@@H](Cc1ccc(OCC=C(C)C#CC2(OCC(F)(F)F)C=CC=C(OCC(F)(F)F)C2)cc1)C(=O)O. The second-order valence-corrected chi connectivity index (χ2v) is 8.44. The van der Waals surface area contributed by atoms with Crippen LogP contribution in [-0.2, 0) is 25.4 Å². The predicted octanol–water partition coefficient (Wildman–Crippen LogP) is 5.79. The summed E-state index contributed by atoms with van der Waals surface area (Å²) in [5, 5.41) is 9.18. The van der Waals surface area contributed by atoms with Crippen molar-refractivity contribution in [2.75, 3.05) is 26.4 Å². The monoisotopic (exact) mass is 562 g/mol. The maximum Gasteiger partial charge on any atom is 0.422 e. The highest BCUT2D eigenvalue weighted by molar-refractivity contribution is 5.72. The van der Waals surface area contributed by atoms with E-state index in [9.17, 15) is 36.2 Å². The van der Waals surface area contributed by atoms with E-state index >= 15 is 0 Å². The predicted molar refractivity (Wildman–Crippen MR) is 129 cm³/mol. The molecule has 39 heavy (non-hydrogen) atoms. The van der Waals surface area contributed by atoms with E-state index in [0.29, 0.717) is 11.3 Å². The molecule has 0 aliphatic heterocycles. The van der Waals surface area contributed by atoms with E-state index < -0.39 is 49.7 Å². The molecule has 1 aromatic rings. The maximum absolute atomic E-state index is 12.8. The van der Waals surface area contributed by atoms with Gasteiger partial charge in [-0.2, -0.15) is 26.3 Å². The van der Waals surface area contributed by atoms with Gasteiger partial charge in [-0.15, -0.1) is 0 Å². The summed E-state index contributed by atoms with van der Waals surface area (Å²) in [5.41, 5.74) is -0.687. The van der Waals surface area contributed by atoms with E-state index in [1.165, 1.54) is 18.2 Å². The Kier molecular flexibility index (Phi) is 11.5. The summed E-state index contributed by atoms with van der Waals surface area (Å²) < 4.78 is 96.4. The molecule has 2 rings (SSSR count). The Bertz CT molecular complexity index is 1110. The zero-order chi connectivity index (χ0) is 29.1. The Morgan fingerprint density at radius 3 is 2.36 bits per heavy atom. The van der Waals surface area contributed by atoms with Crippen LogP contribution in [0.15, 0.2) is 59.9 Å². The third-order valence-corrected chi connectivity index (χ3v) is 5.10. The molecule has 1 N–H and O–H groups in total. The molecule has 0 bridgehead atoms. The number of allylic oxidation sites excluding steroid dienone is 3. The zero-order valence-electron chi connectivity index (χ0n) is 21.2. The Balaban J connectivity index is 2.04. The second kappa shape index (κ2) is 14.1. The van der Waals surface area contributed by atoms with Crippen LogP contribution in [0.2, 0.25) is 0 Å². The summed E-state index contributed by atoms with van der Waals surface area (Å²) in [5.74, 6) is 4.47. The molecule has 0 heterocycles. The van der Waals surface area contributed by atoms with Crippen LogP contribution in [-0.4, -0.2) is 61.6 Å². The smallest absolute Gasteiger partial charge is 0.422 e. The topological polar surface area (TPSA) is 74.2 Å². The van der Waals surface area contributed by atoms with Crippen molar-refractivity contribution in [1.29, 1.82) is 0 Å². The lowest BCUT2D eigenvalue weighted by atomic mass is 9.93. The number of aliphatic carboxylic acids is 1. The molecule has 0 radical (unpaired) electrons. The van der Waals surface area contributed by atoms with Crippen molar-refractivity contribution in [2.45, 2.75) is 50.7 Å². The molecule has 1 aliphatic carbocycles. The van der Waals surface area contributed by atoms with Gasteiger partial charge in [0.15, 0.2) is 18.3 Å². The highest BCUT2D eigenvalue weighted by Crippen LogP contribution is 2.31. The van der Waals surface area contributed by atoms with E-state index in [0.717, 1.165) is 5.56 Å². The minimum atomic E-state index is -4.68. The highest BCUT2D eigenvalue weighted by Gasteiger charge is 2.37. The molecule has 1 aromatic carbocycles. The van der Waals surface area contributed by atoms with Gasteiger partial charge in [-0.05, 0) is 55.3 Å². The van der Waals surface area contributed by atoms with E-state index in [2.05, 4.69) is 11.8 Å². The molecule has 0 spiro atoms. The standard InChI is InChI=1S/C27H28F6O6/c1-3-36-23(24(34)35)15-20-6-8-21(9-7-20)37-14-11-19(2)10-13-25(39-18-27(31,32)33)12-4-5-22(16-25)38-17-26(28,29)30/h4-9,11-12,23H,3,14-18H2,1-2H3,(H,34,35)/t23-,25?/m0/s1. The van der Waals surface area contributed by atoms with E-state index in [1.54, 1.807) is 44.2 Å². The van der Waals surface area contributed by atoms with Gasteiger partial charge in [-0.25, -0.2) is 4.79 Å². The first-order chi connectivity index (χ1) is 18.2. The molecule has 0 saturated carbocycles. The van der Waals surface area contributed by atoms with Gasteiger partial charge in [0.25, 0.3) is 0 Å². The van der Waals surface area contributed by atoms with Crippen molar-refractivity contribution in [2.24, 2.45) is 0 Å². The minimum Gasteiger partial charge on any atom is -0.490 e. The summed E-state index contributed by atoms with van der Waals surface area (Å²) in [6.07, 6.45) is -5.27. The first-order valence-corrected chi connectivity index (χ1v) is 11.7. The van der Waals surface area contributed by atoms with E-state index in [1.807, 2.05) is 0 Å². The Morgan fingerprint density at radius 2 is 1.77 bits per heavy atom. The Morgan fingerprint density at radius 1 is 1.10 bits per heavy atom. The highest BCUT2D eigenvalue weighted by atomic mass is 19.4. The summed E-state index contributed by atoms with van der Waals surface area (Å²) in [7, 11) is 0. The molecule has 0 fully saturated rings. The molecule has 0 aromatic heterocycles. The number of ether oxygens (including phenoxy) is 4. The number of carboxylic acids is 1. The van der Waals surface area contributed by atoms with Crippen molar-refractivity contribution in [3.05, 3.63) is 65.5 Å². The summed E-state index contributed by atoms with van der Waals surface area (Å²) in [6, 6.07) is 6.70. The molecule has 6 nitrogen and oxygen atoms in total. The molecule has 0 amide bonds. The Labute approximate surface area is 221 Å². The quantitative estimate of drug-likeness (QED) is 0.257. The second-order valence-electron chi connectivity index (χ2n) is 8.44. The minimum absolute atomic E-state index is 0.0582. The van der Waals surface area contributed by atoms with Crippen LogP contribution >= 0.6 is 0 Å². The summed E-state index contributed by atoms with van der Waals surface area (Å²) in [6.45, 7) is 0.359. The van der Waals surface area contributed by atoms with Crippen LogP contribution in [0.1, 0.15) is 25.8 Å². The van der Waals surface area contributed by atoms with Crippen molar-refractivity contribution < 1.29 is 55.2 Å². The van der Waals surface area contributed by atoms with Crippen LogP contribution in [0.25, 0.3) is 0 Å². The van der Waals surface area contributed by atoms with Crippen LogP contribution in [0.5, 0.6) is 5.75 Å². The number of carbonyl (C=O) groups is 1. The van der Waals surface area contributed by atoms with Gasteiger partial charge >= 0.3 is 18.3 Å². The fraction of sp³-hybridized carbons (Fsp3) is 0.444.